The molecule has 20 heavy (non-hydrogen) atoms. The number of nitriles is 1. The Bertz CT molecular complexity index is 675. The fourth-order valence-electron chi connectivity index (χ4n) is 1.56. The van der Waals surface area contributed by atoms with E-state index in [-0.39, 0.29) is 19.0 Å². The highest BCUT2D eigenvalue weighted by molar-refractivity contribution is 9.10. The van der Waals surface area contributed by atoms with E-state index in [0.717, 1.165) is 4.47 Å². The van der Waals surface area contributed by atoms with Gasteiger partial charge >= 0.3 is 0 Å². The highest BCUT2D eigenvalue weighted by Gasteiger charge is 2.09. The largest absolute Gasteiger partial charge is 0.325 e. The second-order valence-electron chi connectivity index (χ2n) is 3.96. The molecule has 1 heterocycles. The molecule has 1 aromatic heterocycles. The van der Waals surface area contributed by atoms with Crippen LogP contribution in [-0.4, -0.2) is 20.9 Å². The zero-order chi connectivity index (χ0) is 14.5. The van der Waals surface area contributed by atoms with Gasteiger partial charge in [-0.05, 0) is 18.2 Å². The SMILES string of the molecule is N#Cc1cc(Br)ccc1NC(=O)Cn1cc(CN)nn1. The summed E-state index contributed by atoms with van der Waals surface area (Å²) in [5.74, 6) is -0.294. The summed E-state index contributed by atoms with van der Waals surface area (Å²) in [5, 5.41) is 19.2. The van der Waals surface area contributed by atoms with Crippen LogP contribution in [0.3, 0.4) is 0 Å². The number of halogens is 1. The van der Waals surface area contributed by atoms with Crippen LogP contribution < -0.4 is 11.1 Å². The van der Waals surface area contributed by atoms with Crippen molar-refractivity contribution in [1.29, 1.82) is 5.26 Å². The number of anilines is 1. The second kappa shape index (κ2) is 6.27. The molecular formula is C12H11BrN6O. The summed E-state index contributed by atoms with van der Waals surface area (Å²) in [7, 11) is 0. The minimum absolute atomic E-state index is 0.00787. The molecule has 1 aromatic carbocycles. The molecule has 2 aromatic rings. The number of rotatable bonds is 4. The number of carbonyl (C=O) groups is 1. The maximum atomic E-state index is 11.9. The predicted molar refractivity (Wildman–Crippen MR) is 75.4 cm³/mol. The third-order valence-corrected chi connectivity index (χ3v) is 2.97. The van der Waals surface area contributed by atoms with Crippen LogP contribution in [0.15, 0.2) is 28.9 Å². The first-order chi connectivity index (χ1) is 9.62. The molecule has 0 fully saturated rings. The maximum Gasteiger partial charge on any atom is 0.246 e. The Kier molecular flexibility index (Phi) is 4.45. The number of benzene rings is 1. The Balaban J connectivity index is 2.06. The van der Waals surface area contributed by atoms with Crippen LogP contribution in [0.2, 0.25) is 0 Å². The lowest BCUT2D eigenvalue weighted by Gasteiger charge is -2.07. The molecule has 0 bridgehead atoms. The van der Waals surface area contributed by atoms with Crippen molar-refractivity contribution in [2.75, 3.05) is 5.32 Å². The Labute approximate surface area is 123 Å². The minimum atomic E-state index is -0.294. The lowest BCUT2D eigenvalue weighted by Crippen LogP contribution is -2.19. The van der Waals surface area contributed by atoms with E-state index in [1.807, 2.05) is 6.07 Å². The Morgan fingerprint density at radius 3 is 3.00 bits per heavy atom. The zero-order valence-corrected chi connectivity index (χ0v) is 12.0. The molecule has 8 heteroatoms. The van der Waals surface area contributed by atoms with Crippen molar-refractivity contribution < 1.29 is 4.79 Å². The molecule has 7 nitrogen and oxygen atoms in total. The Hall–Kier alpha value is -2.24. The van der Waals surface area contributed by atoms with Gasteiger partial charge < -0.3 is 11.1 Å². The number of carbonyl (C=O) groups excluding carboxylic acids is 1. The third-order valence-electron chi connectivity index (χ3n) is 2.48. The molecule has 0 radical (unpaired) electrons. The van der Waals surface area contributed by atoms with Gasteiger partial charge in [0.2, 0.25) is 5.91 Å². The molecule has 102 valence electrons. The molecule has 3 N–H and O–H groups in total. The van der Waals surface area contributed by atoms with E-state index in [2.05, 4.69) is 31.6 Å². The maximum absolute atomic E-state index is 11.9. The van der Waals surface area contributed by atoms with E-state index in [1.54, 1.807) is 24.4 Å². The van der Waals surface area contributed by atoms with E-state index in [1.165, 1.54) is 4.68 Å². The van der Waals surface area contributed by atoms with Crippen molar-refractivity contribution >= 4 is 27.5 Å². The number of aromatic nitrogens is 3. The number of hydrogen-bond donors (Lipinski definition) is 2. The average molecular weight is 335 g/mol. The normalized spacial score (nSPS) is 10.1. The van der Waals surface area contributed by atoms with Gasteiger partial charge in [-0.2, -0.15) is 5.26 Å². The van der Waals surface area contributed by atoms with Gasteiger partial charge in [0.1, 0.15) is 12.6 Å². The molecule has 0 saturated carbocycles. The lowest BCUT2D eigenvalue weighted by molar-refractivity contribution is -0.116. The van der Waals surface area contributed by atoms with E-state index >= 15 is 0 Å². The van der Waals surface area contributed by atoms with Crippen molar-refractivity contribution in [1.82, 2.24) is 15.0 Å². The highest BCUT2D eigenvalue weighted by atomic mass is 79.9. The fourth-order valence-corrected chi connectivity index (χ4v) is 1.93. The first kappa shape index (κ1) is 14.2. The standard InChI is InChI=1S/C12H11BrN6O/c13-9-1-2-11(8(3-9)4-14)16-12(20)7-19-6-10(5-15)17-18-19/h1-3,6H,5,7,15H2,(H,16,20). The van der Waals surface area contributed by atoms with Crippen LogP contribution in [0.25, 0.3) is 0 Å². The molecule has 1 amide bonds. The number of nitrogens with zero attached hydrogens (tertiary/aromatic N) is 4. The second-order valence-corrected chi connectivity index (χ2v) is 4.88. The van der Waals surface area contributed by atoms with Gasteiger partial charge in [0.25, 0.3) is 0 Å². The summed E-state index contributed by atoms with van der Waals surface area (Å²) in [4.78, 5) is 11.9. The lowest BCUT2D eigenvalue weighted by atomic mass is 10.2. The van der Waals surface area contributed by atoms with Gasteiger partial charge in [0.15, 0.2) is 0 Å². The van der Waals surface area contributed by atoms with E-state index in [0.29, 0.717) is 16.9 Å². The van der Waals surface area contributed by atoms with Gasteiger partial charge in [-0.3, -0.25) is 4.79 Å². The van der Waals surface area contributed by atoms with Crippen LogP contribution in [0.1, 0.15) is 11.3 Å². The quantitative estimate of drug-likeness (QED) is 0.866. The zero-order valence-electron chi connectivity index (χ0n) is 10.4. The number of amides is 1. The molecule has 0 saturated heterocycles. The van der Waals surface area contributed by atoms with Crippen LogP contribution >= 0.6 is 15.9 Å². The molecule has 2 rings (SSSR count). The Morgan fingerprint density at radius 2 is 2.35 bits per heavy atom. The van der Waals surface area contributed by atoms with Crippen molar-refractivity contribution in [3.8, 4) is 6.07 Å². The van der Waals surface area contributed by atoms with Gasteiger partial charge in [0, 0.05) is 11.0 Å². The molecular weight excluding hydrogens is 324 g/mol. The highest BCUT2D eigenvalue weighted by Crippen LogP contribution is 2.20. The van der Waals surface area contributed by atoms with E-state index in [9.17, 15) is 4.79 Å². The summed E-state index contributed by atoms with van der Waals surface area (Å²) in [6.07, 6.45) is 1.60. The molecule has 0 aliphatic rings. The summed E-state index contributed by atoms with van der Waals surface area (Å²) in [6, 6.07) is 7.07. The molecule has 0 unspecified atom stereocenters. The predicted octanol–water partition coefficient (Wildman–Crippen LogP) is 1.01. The molecule has 0 atom stereocenters. The van der Waals surface area contributed by atoms with Crippen molar-refractivity contribution in [3.63, 3.8) is 0 Å². The first-order valence-corrected chi connectivity index (χ1v) is 6.50. The molecule has 0 aliphatic carbocycles. The summed E-state index contributed by atoms with van der Waals surface area (Å²) in [6.45, 7) is 0.279. The Morgan fingerprint density at radius 1 is 1.55 bits per heavy atom. The van der Waals surface area contributed by atoms with Gasteiger partial charge in [0.05, 0.1) is 23.1 Å². The molecule has 0 aliphatic heterocycles. The van der Waals surface area contributed by atoms with Gasteiger partial charge in [-0.25, -0.2) is 4.68 Å². The van der Waals surface area contributed by atoms with Crippen LogP contribution in [0.5, 0.6) is 0 Å². The smallest absolute Gasteiger partial charge is 0.246 e. The topological polar surface area (TPSA) is 110 Å². The number of nitrogens with one attached hydrogen (secondary N) is 1. The van der Waals surface area contributed by atoms with E-state index < -0.39 is 0 Å². The van der Waals surface area contributed by atoms with Crippen LogP contribution in [0, 0.1) is 11.3 Å². The number of nitrogens with two attached hydrogens (primary N) is 1. The number of hydrogen-bond acceptors (Lipinski definition) is 5. The summed E-state index contributed by atoms with van der Waals surface area (Å²) >= 11 is 3.27. The summed E-state index contributed by atoms with van der Waals surface area (Å²) in [5.41, 5.74) is 6.86. The van der Waals surface area contributed by atoms with Crippen LogP contribution in [-0.2, 0) is 17.9 Å². The van der Waals surface area contributed by atoms with Crippen molar-refractivity contribution in [3.05, 3.63) is 40.1 Å². The minimum Gasteiger partial charge on any atom is -0.325 e. The van der Waals surface area contributed by atoms with Gasteiger partial charge in [-0.15, -0.1) is 5.10 Å². The van der Waals surface area contributed by atoms with Crippen LogP contribution in [0.4, 0.5) is 5.69 Å². The van der Waals surface area contributed by atoms with Crippen molar-refractivity contribution in [2.24, 2.45) is 5.73 Å². The monoisotopic (exact) mass is 334 g/mol. The van der Waals surface area contributed by atoms with Crippen molar-refractivity contribution in [2.45, 2.75) is 13.1 Å². The summed E-state index contributed by atoms with van der Waals surface area (Å²) < 4.78 is 2.17. The average Bonchev–Trinajstić information content (AvgIpc) is 2.88. The van der Waals surface area contributed by atoms with Gasteiger partial charge in [-0.1, -0.05) is 21.1 Å². The third kappa shape index (κ3) is 3.40. The molecule has 0 spiro atoms. The first-order valence-electron chi connectivity index (χ1n) is 5.71. The fraction of sp³-hybridized carbons (Fsp3) is 0.167. The van der Waals surface area contributed by atoms with E-state index in [4.69, 9.17) is 11.0 Å².